The molecule has 0 fully saturated rings. The molecule has 0 bridgehead atoms. The van der Waals surface area contributed by atoms with Crippen LogP contribution in [0.2, 0.25) is 0 Å². The molecule has 1 aromatic carbocycles. The van der Waals surface area contributed by atoms with Crippen LogP contribution in [-0.4, -0.2) is 25.7 Å². The summed E-state index contributed by atoms with van der Waals surface area (Å²) in [7, 11) is 0. The van der Waals surface area contributed by atoms with E-state index in [-0.39, 0.29) is 0 Å². The van der Waals surface area contributed by atoms with Gasteiger partial charge in [0.1, 0.15) is 0 Å². The van der Waals surface area contributed by atoms with Gasteiger partial charge in [0.2, 0.25) is 0 Å². The predicted molar refractivity (Wildman–Crippen MR) is 75.4 cm³/mol. The highest BCUT2D eigenvalue weighted by Gasteiger charge is 1.98. The lowest BCUT2D eigenvalue weighted by Gasteiger charge is -2.13. The van der Waals surface area contributed by atoms with Crippen molar-refractivity contribution >= 4 is 0 Å². The fraction of sp³-hybridized carbons (Fsp3) is 0.600. The molecule has 0 radical (unpaired) electrons. The van der Waals surface area contributed by atoms with E-state index in [0.717, 1.165) is 19.6 Å². The summed E-state index contributed by atoms with van der Waals surface area (Å²) < 4.78 is 0. The minimum Gasteiger partial charge on any atom is -0.315 e. The Morgan fingerprint density at radius 3 is 2.59 bits per heavy atom. The minimum absolute atomic E-state index is 0.576. The van der Waals surface area contributed by atoms with Crippen molar-refractivity contribution in [3.05, 3.63) is 35.9 Å². The summed E-state index contributed by atoms with van der Waals surface area (Å²) in [6.45, 7) is 7.63. The molecule has 96 valence electrons. The third-order valence-electron chi connectivity index (χ3n) is 2.93. The van der Waals surface area contributed by atoms with Crippen LogP contribution in [0.3, 0.4) is 0 Å². The van der Waals surface area contributed by atoms with Gasteiger partial charge in [-0.1, -0.05) is 37.3 Å². The summed E-state index contributed by atoms with van der Waals surface area (Å²) in [5.41, 5.74) is 1.45. The van der Waals surface area contributed by atoms with E-state index in [1.165, 1.54) is 24.8 Å². The lowest BCUT2D eigenvalue weighted by Crippen LogP contribution is -2.36. The van der Waals surface area contributed by atoms with E-state index in [4.69, 9.17) is 0 Å². The van der Waals surface area contributed by atoms with E-state index in [1.54, 1.807) is 0 Å². The second-order valence-corrected chi connectivity index (χ2v) is 4.61. The summed E-state index contributed by atoms with van der Waals surface area (Å²) in [6.07, 6.45) is 3.72. The van der Waals surface area contributed by atoms with E-state index < -0.39 is 0 Å². The molecule has 0 spiro atoms. The summed E-state index contributed by atoms with van der Waals surface area (Å²) >= 11 is 0. The van der Waals surface area contributed by atoms with Crippen molar-refractivity contribution in [2.24, 2.45) is 0 Å². The van der Waals surface area contributed by atoms with E-state index in [9.17, 15) is 0 Å². The number of aryl methyl sites for hydroxylation is 1. The van der Waals surface area contributed by atoms with Crippen LogP contribution in [-0.2, 0) is 6.42 Å². The van der Waals surface area contributed by atoms with Crippen molar-refractivity contribution in [1.29, 1.82) is 0 Å². The molecule has 0 aliphatic carbocycles. The van der Waals surface area contributed by atoms with Gasteiger partial charge in [0.25, 0.3) is 0 Å². The van der Waals surface area contributed by atoms with Crippen LogP contribution in [0.25, 0.3) is 0 Å². The third-order valence-corrected chi connectivity index (χ3v) is 2.93. The summed E-state index contributed by atoms with van der Waals surface area (Å²) in [5.74, 6) is 0. The van der Waals surface area contributed by atoms with Gasteiger partial charge in [0, 0.05) is 12.6 Å². The zero-order valence-corrected chi connectivity index (χ0v) is 11.2. The van der Waals surface area contributed by atoms with Crippen molar-refractivity contribution in [1.82, 2.24) is 10.6 Å². The Bertz CT molecular complexity index is 272. The van der Waals surface area contributed by atoms with Crippen LogP contribution in [0.15, 0.2) is 30.3 Å². The first kappa shape index (κ1) is 14.2. The van der Waals surface area contributed by atoms with Gasteiger partial charge in [-0.25, -0.2) is 0 Å². The van der Waals surface area contributed by atoms with Crippen LogP contribution in [0.4, 0.5) is 0 Å². The van der Waals surface area contributed by atoms with E-state index in [2.05, 4.69) is 54.8 Å². The molecule has 0 aliphatic heterocycles. The molecular weight excluding hydrogens is 208 g/mol. The molecule has 0 saturated carbocycles. The van der Waals surface area contributed by atoms with Gasteiger partial charge in [0.15, 0.2) is 0 Å². The predicted octanol–water partition coefficient (Wildman–Crippen LogP) is 2.60. The largest absolute Gasteiger partial charge is 0.315 e. The highest BCUT2D eigenvalue weighted by atomic mass is 15.0. The monoisotopic (exact) mass is 234 g/mol. The first-order valence-electron chi connectivity index (χ1n) is 6.81. The Hall–Kier alpha value is -0.860. The van der Waals surface area contributed by atoms with Crippen LogP contribution in [0.5, 0.6) is 0 Å². The normalized spacial score (nSPS) is 12.6. The molecule has 2 heteroatoms. The molecule has 17 heavy (non-hydrogen) atoms. The molecule has 1 atom stereocenters. The highest BCUT2D eigenvalue weighted by molar-refractivity contribution is 5.14. The molecular formula is C15H26N2. The minimum atomic E-state index is 0.576. The Labute approximate surface area is 106 Å². The number of nitrogens with one attached hydrogen (secondary N) is 2. The fourth-order valence-corrected chi connectivity index (χ4v) is 1.88. The number of hydrogen-bond acceptors (Lipinski definition) is 2. The van der Waals surface area contributed by atoms with E-state index in [1.807, 2.05) is 0 Å². The molecule has 0 heterocycles. The van der Waals surface area contributed by atoms with Crippen molar-refractivity contribution < 1.29 is 0 Å². The molecule has 0 saturated heterocycles. The second-order valence-electron chi connectivity index (χ2n) is 4.61. The van der Waals surface area contributed by atoms with Crippen LogP contribution in [0.1, 0.15) is 32.3 Å². The lowest BCUT2D eigenvalue weighted by atomic mass is 10.1. The van der Waals surface area contributed by atoms with Crippen molar-refractivity contribution in [2.75, 3.05) is 19.6 Å². The van der Waals surface area contributed by atoms with Crippen molar-refractivity contribution in [3.8, 4) is 0 Å². The van der Waals surface area contributed by atoms with Gasteiger partial charge in [-0.2, -0.15) is 0 Å². The van der Waals surface area contributed by atoms with Crippen LogP contribution >= 0.6 is 0 Å². The maximum absolute atomic E-state index is 3.54. The van der Waals surface area contributed by atoms with Crippen molar-refractivity contribution in [3.63, 3.8) is 0 Å². The SMILES string of the molecule is CCNCC(C)NCCCCc1ccccc1. The first-order valence-corrected chi connectivity index (χ1v) is 6.81. The van der Waals surface area contributed by atoms with Gasteiger partial charge in [-0.05, 0) is 44.8 Å². The lowest BCUT2D eigenvalue weighted by molar-refractivity contribution is 0.497. The molecule has 2 N–H and O–H groups in total. The Kier molecular flexibility index (Phi) is 7.69. The fourth-order valence-electron chi connectivity index (χ4n) is 1.88. The van der Waals surface area contributed by atoms with Crippen LogP contribution in [0, 0.1) is 0 Å². The maximum Gasteiger partial charge on any atom is 0.0164 e. The maximum atomic E-state index is 3.54. The smallest absolute Gasteiger partial charge is 0.0164 e. The van der Waals surface area contributed by atoms with Gasteiger partial charge >= 0.3 is 0 Å². The van der Waals surface area contributed by atoms with Gasteiger partial charge in [-0.3, -0.25) is 0 Å². The summed E-state index contributed by atoms with van der Waals surface area (Å²) in [6, 6.07) is 11.3. The molecule has 1 aromatic rings. The number of rotatable bonds is 9. The molecule has 1 rings (SSSR count). The number of unbranched alkanes of at least 4 members (excludes halogenated alkanes) is 1. The zero-order valence-electron chi connectivity index (χ0n) is 11.2. The topological polar surface area (TPSA) is 24.1 Å². The molecule has 2 nitrogen and oxygen atoms in total. The summed E-state index contributed by atoms with van der Waals surface area (Å²) in [4.78, 5) is 0. The summed E-state index contributed by atoms with van der Waals surface area (Å²) in [5, 5.41) is 6.89. The standard InChI is InChI=1S/C15H26N2/c1-3-16-13-14(2)17-12-8-7-11-15-9-5-4-6-10-15/h4-6,9-10,14,16-17H,3,7-8,11-13H2,1-2H3. The molecule has 0 amide bonds. The van der Waals surface area contributed by atoms with Gasteiger partial charge in [0.05, 0.1) is 0 Å². The highest BCUT2D eigenvalue weighted by Crippen LogP contribution is 2.03. The van der Waals surface area contributed by atoms with Gasteiger partial charge in [-0.15, -0.1) is 0 Å². The number of hydrogen-bond donors (Lipinski definition) is 2. The zero-order chi connectivity index (χ0) is 12.3. The Morgan fingerprint density at radius 2 is 1.88 bits per heavy atom. The number of benzene rings is 1. The average Bonchev–Trinajstić information content (AvgIpc) is 2.37. The van der Waals surface area contributed by atoms with Crippen LogP contribution < -0.4 is 10.6 Å². The Balaban J connectivity index is 1.97. The van der Waals surface area contributed by atoms with Gasteiger partial charge < -0.3 is 10.6 Å². The molecule has 0 aromatic heterocycles. The molecule has 1 unspecified atom stereocenters. The Morgan fingerprint density at radius 1 is 1.12 bits per heavy atom. The molecule has 0 aliphatic rings. The van der Waals surface area contributed by atoms with E-state index in [0.29, 0.717) is 6.04 Å². The average molecular weight is 234 g/mol. The van der Waals surface area contributed by atoms with Crippen molar-refractivity contribution in [2.45, 2.75) is 39.2 Å². The van der Waals surface area contributed by atoms with E-state index >= 15 is 0 Å². The first-order chi connectivity index (χ1) is 8.33. The third kappa shape index (κ3) is 7.14. The quantitative estimate of drug-likeness (QED) is 0.642. The number of likely N-dealkylation sites (N-methyl/N-ethyl adjacent to an activating group) is 1. The second kappa shape index (κ2) is 9.20.